The molecule has 98 valence electrons. The van der Waals surface area contributed by atoms with Gasteiger partial charge in [-0.1, -0.05) is 38.5 Å². The van der Waals surface area contributed by atoms with Gasteiger partial charge in [0, 0.05) is 20.2 Å². The molecule has 0 radical (unpaired) electrons. The predicted octanol–water partition coefficient (Wildman–Crippen LogP) is 5.88. The fourth-order valence-corrected chi connectivity index (χ4v) is 4.40. The molecule has 3 rings (SSSR count). The van der Waals surface area contributed by atoms with Crippen LogP contribution in [-0.4, -0.2) is 0 Å². The molecule has 1 aromatic heterocycles. The van der Waals surface area contributed by atoms with E-state index in [4.69, 9.17) is 0 Å². The number of thiophene rings is 1. The molecule has 0 saturated carbocycles. The van der Waals surface area contributed by atoms with E-state index in [1.54, 1.807) is 11.1 Å². The predicted molar refractivity (Wildman–Crippen MR) is 87.4 cm³/mol. The van der Waals surface area contributed by atoms with E-state index in [1.807, 2.05) is 11.3 Å². The fraction of sp³-hybridized carbons (Fsp3) is 0.333. The van der Waals surface area contributed by atoms with Gasteiger partial charge in [-0.3, -0.25) is 0 Å². The summed E-state index contributed by atoms with van der Waals surface area (Å²) in [4.78, 5) is 0. The van der Waals surface area contributed by atoms with Crippen LogP contribution in [0.2, 0.25) is 0 Å². The van der Waals surface area contributed by atoms with E-state index < -0.39 is 0 Å². The Morgan fingerprint density at radius 1 is 1.00 bits per heavy atom. The first-order chi connectivity index (χ1) is 9.26. The van der Waals surface area contributed by atoms with E-state index in [0.717, 1.165) is 6.42 Å². The van der Waals surface area contributed by atoms with Gasteiger partial charge in [-0.2, -0.15) is 0 Å². The molecule has 0 aliphatic carbocycles. The molecule has 0 bridgehead atoms. The van der Waals surface area contributed by atoms with Crippen LogP contribution in [0.15, 0.2) is 30.3 Å². The van der Waals surface area contributed by atoms with Gasteiger partial charge in [0.05, 0.1) is 0 Å². The van der Waals surface area contributed by atoms with Crippen molar-refractivity contribution in [2.45, 2.75) is 40.0 Å². The van der Waals surface area contributed by atoms with Crippen molar-refractivity contribution in [2.24, 2.45) is 0 Å². The smallest absolute Gasteiger partial charge is 0.0361 e. The van der Waals surface area contributed by atoms with Crippen LogP contribution < -0.4 is 0 Å². The zero-order valence-electron chi connectivity index (χ0n) is 11.9. The average molecular weight is 268 g/mol. The Labute approximate surface area is 119 Å². The lowest BCUT2D eigenvalue weighted by Crippen LogP contribution is -1.96. The van der Waals surface area contributed by atoms with E-state index in [0.29, 0.717) is 0 Å². The number of aryl methyl sites for hydroxylation is 2. The summed E-state index contributed by atoms with van der Waals surface area (Å²) in [6, 6.07) is 11.2. The van der Waals surface area contributed by atoms with Crippen molar-refractivity contribution in [2.75, 3.05) is 0 Å². The monoisotopic (exact) mass is 268 g/mol. The molecule has 0 saturated heterocycles. The number of hydrogen-bond acceptors (Lipinski definition) is 1. The van der Waals surface area contributed by atoms with Gasteiger partial charge in [0.15, 0.2) is 0 Å². The largest absolute Gasteiger partial charge is 0.135 e. The number of fused-ring (bicyclic) bond motifs is 3. The van der Waals surface area contributed by atoms with Gasteiger partial charge in [-0.15, -0.1) is 11.3 Å². The summed E-state index contributed by atoms with van der Waals surface area (Å²) >= 11 is 1.94. The Hall–Kier alpha value is -1.34. The summed E-state index contributed by atoms with van der Waals surface area (Å²) < 4.78 is 2.88. The lowest BCUT2D eigenvalue weighted by Gasteiger charge is -2.13. The van der Waals surface area contributed by atoms with E-state index in [1.165, 1.54) is 38.6 Å². The lowest BCUT2D eigenvalue weighted by atomic mass is 9.92. The SMILES string of the molecule is CCCc1c(CC)c(C)cc2sc3ccccc3c12. The average Bonchev–Trinajstić information content (AvgIpc) is 2.76. The molecule has 0 aliphatic rings. The highest BCUT2D eigenvalue weighted by molar-refractivity contribution is 7.25. The Kier molecular flexibility index (Phi) is 3.32. The molecule has 0 aliphatic heterocycles. The molecule has 3 aromatic rings. The summed E-state index contributed by atoms with van der Waals surface area (Å²) in [5.41, 5.74) is 4.63. The highest BCUT2D eigenvalue weighted by atomic mass is 32.1. The number of benzene rings is 2. The highest BCUT2D eigenvalue weighted by Crippen LogP contribution is 2.39. The molecule has 0 spiro atoms. The Bertz CT molecular complexity index is 734. The third kappa shape index (κ3) is 1.97. The minimum absolute atomic E-state index is 1.14. The van der Waals surface area contributed by atoms with E-state index in [-0.39, 0.29) is 0 Å². The molecule has 19 heavy (non-hydrogen) atoms. The minimum atomic E-state index is 1.14. The van der Waals surface area contributed by atoms with Crippen LogP contribution in [0, 0.1) is 6.92 Å². The minimum Gasteiger partial charge on any atom is -0.135 e. The van der Waals surface area contributed by atoms with Crippen LogP contribution in [0.3, 0.4) is 0 Å². The first-order valence-electron chi connectivity index (χ1n) is 7.18. The third-order valence-corrected chi connectivity index (χ3v) is 5.08. The van der Waals surface area contributed by atoms with Gasteiger partial charge in [-0.05, 0) is 48.6 Å². The third-order valence-electron chi connectivity index (χ3n) is 3.97. The summed E-state index contributed by atoms with van der Waals surface area (Å²) in [5.74, 6) is 0. The fourth-order valence-electron chi connectivity index (χ4n) is 3.17. The normalized spacial score (nSPS) is 11.5. The van der Waals surface area contributed by atoms with Crippen LogP contribution in [0.25, 0.3) is 20.2 Å². The van der Waals surface area contributed by atoms with Gasteiger partial charge < -0.3 is 0 Å². The Morgan fingerprint density at radius 3 is 2.53 bits per heavy atom. The summed E-state index contributed by atoms with van der Waals surface area (Å²) in [6.45, 7) is 6.83. The molecule has 1 heteroatoms. The molecular weight excluding hydrogens is 248 g/mol. The van der Waals surface area contributed by atoms with Crippen LogP contribution >= 0.6 is 11.3 Å². The van der Waals surface area contributed by atoms with Crippen LogP contribution in [-0.2, 0) is 12.8 Å². The van der Waals surface area contributed by atoms with Crippen molar-refractivity contribution in [3.05, 3.63) is 47.0 Å². The first-order valence-corrected chi connectivity index (χ1v) is 8.00. The second kappa shape index (κ2) is 4.97. The molecule has 0 atom stereocenters. The summed E-state index contributed by atoms with van der Waals surface area (Å²) in [6.07, 6.45) is 3.55. The van der Waals surface area contributed by atoms with E-state index in [2.05, 4.69) is 51.1 Å². The van der Waals surface area contributed by atoms with Crippen LogP contribution in [0.4, 0.5) is 0 Å². The number of hydrogen-bond donors (Lipinski definition) is 0. The zero-order valence-corrected chi connectivity index (χ0v) is 12.7. The second-order valence-electron chi connectivity index (χ2n) is 5.23. The number of rotatable bonds is 3. The van der Waals surface area contributed by atoms with Gasteiger partial charge in [-0.25, -0.2) is 0 Å². The molecule has 2 aromatic carbocycles. The standard InChI is InChI=1S/C18H20S/c1-4-8-14-13(5-2)12(3)11-17-18(14)15-9-6-7-10-16(15)19-17/h6-7,9-11H,4-5,8H2,1-3H3. The van der Waals surface area contributed by atoms with Gasteiger partial charge in [0.1, 0.15) is 0 Å². The Morgan fingerprint density at radius 2 is 1.79 bits per heavy atom. The van der Waals surface area contributed by atoms with Crippen molar-refractivity contribution < 1.29 is 0 Å². The molecule has 0 amide bonds. The van der Waals surface area contributed by atoms with Crippen molar-refractivity contribution in [1.82, 2.24) is 0 Å². The van der Waals surface area contributed by atoms with Crippen molar-refractivity contribution in [3.8, 4) is 0 Å². The maximum atomic E-state index is 2.39. The first kappa shape index (κ1) is 12.7. The van der Waals surface area contributed by atoms with Crippen molar-refractivity contribution in [1.29, 1.82) is 0 Å². The topological polar surface area (TPSA) is 0 Å². The maximum absolute atomic E-state index is 2.39. The van der Waals surface area contributed by atoms with Gasteiger partial charge in [0.2, 0.25) is 0 Å². The van der Waals surface area contributed by atoms with E-state index >= 15 is 0 Å². The maximum Gasteiger partial charge on any atom is 0.0361 e. The summed E-state index contributed by atoms with van der Waals surface area (Å²) in [7, 11) is 0. The molecule has 1 heterocycles. The molecule has 0 unspecified atom stereocenters. The van der Waals surface area contributed by atoms with Crippen LogP contribution in [0.5, 0.6) is 0 Å². The quantitative estimate of drug-likeness (QED) is 0.556. The molecular formula is C18H20S. The van der Waals surface area contributed by atoms with Crippen molar-refractivity contribution >= 4 is 31.5 Å². The van der Waals surface area contributed by atoms with Gasteiger partial charge >= 0.3 is 0 Å². The highest BCUT2D eigenvalue weighted by Gasteiger charge is 2.14. The second-order valence-corrected chi connectivity index (χ2v) is 6.31. The molecule has 0 N–H and O–H groups in total. The van der Waals surface area contributed by atoms with Crippen LogP contribution in [0.1, 0.15) is 37.0 Å². The lowest BCUT2D eigenvalue weighted by molar-refractivity contribution is 0.905. The van der Waals surface area contributed by atoms with Gasteiger partial charge in [0.25, 0.3) is 0 Å². The van der Waals surface area contributed by atoms with Crippen molar-refractivity contribution in [3.63, 3.8) is 0 Å². The Balaban J connectivity index is 2.47. The molecule has 0 fully saturated rings. The van der Waals surface area contributed by atoms with E-state index in [9.17, 15) is 0 Å². The zero-order chi connectivity index (χ0) is 13.4. The molecule has 0 nitrogen and oxygen atoms in total. The summed E-state index contributed by atoms with van der Waals surface area (Å²) in [5, 5.41) is 2.96.